The van der Waals surface area contributed by atoms with Crippen LogP contribution in [0.2, 0.25) is 0 Å². The Bertz CT molecular complexity index is 431. The lowest BCUT2D eigenvalue weighted by Crippen LogP contribution is -2.20. The summed E-state index contributed by atoms with van der Waals surface area (Å²) in [7, 11) is 0. The molecular formula is C8H3F6NO2. The van der Waals surface area contributed by atoms with Gasteiger partial charge in [-0.25, -0.2) is 18.2 Å². The highest BCUT2D eigenvalue weighted by atomic mass is 19.4. The van der Waals surface area contributed by atoms with Crippen molar-refractivity contribution in [2.45, 2.75) is 12.8 Å². The number of nitrogens with zero attached hydrogens (tertiary/aromatic N) is 1. The van der Waals surface area contributed by atoms with E-state index in [1.807, 2.05) is 0 Å². The average molecular weight is 259 g/mol. The number of pyridine rings is 1. The topological polar surface area (TPSA) is 39.2 Å². The zero-order valence-electron chi connectivity index (χ0n) is 7.76. The van der Waals surface area contributed by atoms with Crippen LogP contribution in [0.5, 0.6) is 5.75 Å². The fourth-order valence-electron chi connectivity index (χ4n) is 1.02. The molecule has 0 bridgehead atoms. The largest absolute Gasteiger partial charge is 0.573 e. The average Bonchev–Trinajstić information content (AvgIpc) is 2.18. The van der Waals surface area contributed by atoms with Gasteiger partial charge in [-0.1, -0.05) is 0 Å². The van der Waals surface area contributed by atoms with Gasteiger partial charge in [-0.2, -0.15) is 0 Å². The molecule has 0 aliphatic carbocycles. The van der Waals surface area contributed by atoms with Crippen LogP contribution in [0.25, 0.3) is 0 Å². The molecule has 17 heavy (non-hydrogen) atoms. The Kier molecular flexibility index (Phi) is 3.59. The highest BCUT2D eigenvalue weighted by Crippen LogP contribution is 2.35. The van der Waals surface area contributed by atoms with Gasteiger partial charge in [0.25, 0.3) is 6.43 Å². The van der Waals surface area contributed by atoms with Gasteiger partial charge < -0.3 is 4.74 Å². The van der Waals surface area contributed by atoms with Gasteiger partial charge in [0.2, 0.25) is 0 Å². The van der Waals surface area contributed by atoms with Crippen LogP contribution >= 0.6 is 0 Å². The van der Waals surface area contributed by atoms with Crippen molar-refractivity contribution in [3.05, 3.63) is 23.3 Å². The molecule has 0 atom stereocenters. The second-order valence-corrected chi connectivity index (χ2v) is 2.70. The quantitative estimate of drug-likeness (QED) is 0.618. The van der Waals surface area contributed by atoms with Gasteiger partial charge in [0.15, 0.2) is 17.9 Å². The maximum absolute atomic E-state index is 12.9. The standard InChI is InChI=1S/C8H3F6NO2/c9-3-1-15-4(2-16)5(7(10)11)6(3)17-8(12,13)14/h1-2,7H. The molecule has 3 nitrogen and oxygen atoms in total. The Morgan fingerprint density at radius 1 is 1.35 bits per heavy atom. The molecule has 0 aliphatic rings. The molecule has 0 saturated carbocycles. The molecule has 1 aromatic rings. The monoisotopic (exact) mass is 259 g/mol. The van der Waals surface area contributed by atoms with Crippen molar-refractivity contribution >= 4 is 6.29 Å². The molecule has 0 aromatic carbocycles. The van der Waals surface area contributed by atoms with E-state index in [4.69, 9.17) is 0 Å². The molecule has 0 unspecified atom stereocenters. The molecule has 0 amide bonds. The Hall–Kier alpha value is -1.80. The van der Waals surface area contributed by atoms with Crippen LogP contribution in [0, 0.1) is 5.82 Å². The van der Waals surface area contributed by atoms with Crippen molar-refractivity contribution in [3.8, 4) is 5.75 Å². The van der Waals surface area contributed by atoms with Crippen molar-refractivity contribution in [3.63, 3.8) is 0 Å². The minimum absolute atomic E-state index is 0.191. The zero-order valence-corrected chi connectivity index (χ0v) is 7.76. The Labute approximate surface area is 90.0 Å². The van der Waals surface area contributed by atoms with Crippen molar-refractivity contribution in [1.29, 1.82) is 0 Å². The molecule has 0 spiro atoms. The third-order valence-corrected chi connectivity index (χ3v) is 1.60. The Morgan fingerprint density at radius 3 is 2.35 bits per heavy atom. The predicted octanol–water partition coefficient (Wildman–Crippen LogP) is 2.87. The van der Waals surface area contributed by atoms with Gasteiger partial charge in [-0.05, 0) is 0 Å². The van der Waals surface area contributed by atoms with E-state index < -0.39 is 35.6 Å². The lowest BCUT2D eigenvalue weighted by molar-refractivity contribution is -0.276. The van der Waals surface area contributed by atoms with Crippen LogP contribution in [-0.4, -0.2) is 17.6 Å². The molecular weight excluding hydrogens is 256 g/mol. The number of hydrogen-bond acceptors (Lipinski definition) is 3. The minimum atomic E-state index is -5.36. The fraction of sp³-hybridized carbons (Fsp3) is 0.250. The summed E-state index contributed by atoms with van der Waals surface area (Å²) >= 11 is 0. The summed E-state index contributed by atoms with van der Waals surface area (Å²) in [4.78, 5) is 13.2. The first-order valence-electron chi connectivity index (χ1n) is 3.93. The summed E-state index contributed by atoms with van der Waals surface area (Å²) in [6.07, 6.45) is -8.91. The van der Waals surface area contributed by atoms with Crippen LogP contribution < -0.4 is 4.74 Å². The van der Waals surface area contributed by atoms with E-state index in [0.717, 1.165) is 0 Å². The minimum Gasteiger partial charge on any atom is -0.402 e. The third-order valence-electron chi connectivity index (χ3n) is 1.60. The second-order valence-electron chi connectivity index (χ2n) is 2.70. The maximum atomic E-state index is 12.9. The van der Waals surface area contributed by atoms with Gasteiger partial charge in [-0.15, -0.1) is 13.2 Å². The molecule has 94 valence electrons. The molecule has 9 heteroatoms. The highest BCUT2D eigenvalue weighted by molar-refractivity contribution is 5.75. The first-order chi connectivity index (χ1) is 7.76. The molecule has 0 radical (unpaired) electrons. The van der Waals surface area contributed by atoms with E-state index in [1.165, 1.54) is 0 Å². The molecule has 0 saturated heterocycles. The number of aromatic nitrogens is 1. The summed E-state index contributed by atoms with van der Waals surface area (Å²) in [5, 5.41) is 0. The molecule has 0 N–H and O–H groups in total. The van der Waals surface area contributed by atoms with E-state index in [-0.39, 0.29) is 12.5 Å². The van der Waals surface area contributed by atoms with Crippen molar-refractivity contribution in [2.24, 2.45) is 0 Å². The van der Waals surface area contributed by atoms with Gasteiger partial charge in [0, 0.05) is 0 Å². The van der Waals surface area contributed by atoms with E-state index in [9.17, 15) is 31.1 Å². The number of ether oxygens (including phenoxy) is 1. The van der Waals surface area contributed by atoms with Crippen molar-refractivity contribution < 1.29 is 35.9 Å². The number of hydrogen-bond donors (Lipinski definition) is 0. The van der Waals surface area contributed by atoms with Crippen LogP contribution in [0.3, 0.4) is 0 Å². The molecule has 0 fully saturated rings. The summed E-state index contributed by atoms with van der Waals surface area (Å²) in [5.41, 5.74) is -2.54. The SMILES string of the molecule is O=Cc1ncc(F)c(OC(F)(F)F)c1C(F)F. The molecule has 1 heterocycles. The maximum Gasteiger partial charge on any atom is 0.573 e. The number of carbonyl (C=O) groups excluding carboxylic acids is 1. The fourth-order valence-corrected chi connectivity index (χ4v) is 1.02. The first-order valence-corrected chi connectivity index (χ1v) is 3.93. The van der Waals surface area contributed by atoms with Crippen molar-refractivity contribution in [2.75, 3.05) is 0 Å². The van der Waals surface area contributed by atoms with Gasteiger partial charge in [-0.3, -0.25) is 4.79 Å². The molecule has 1 aromatic heterocycles. The van der Waals surface area contributed by atoms with E-state index in [1.54, 1.807) is 0 Å². The normalized spacial score (nSPS) is 11.7. The summed E-state index contributed by atoms with van der Waals surface area (Å²) in [6.45, 7) is 0. The summed E-state index contributed by atoms with van der Waals surface area (Å²) < 4.78 is 76.4. The second kappa shape index (κ2) is 4.60. The van der Waals surface area contributed by atoms with Crippen LogP contribution in [0.4, 0.5) is 26.3 Å². The smallest absolute Gasteiger partial charge is 0.402 e. The number of alkyl halides is 5. The number of aldehydes is 1. The van der Waals surface area contributed by atoms with E-state index in [2.05, 4.69) is 9.72 Å². The zero-order chi connectivity index (χ0) is 13.2. The summed E-state index contributed by atoms with van der Waals surface area (Å²) in [6, 6.07) is 0. The van der Waals surface area contributed by atoms with Crippen LogP contribution in [0.1, 0.15) is 22.5 Å². The highest BCUT2D eigenvalue weighted by Gasteiger charge is 2.36. The lowest BCUT2D eigenvalue weighted by atomic mass is 10.2. The Balaban J connectivity index is 3.39. The van der Waals surface area contributed by atoms with Gasteiger partial charge >= 0.3 is 6.36 Å². The number of rotatable bonds is 3. The first kappa shape index (κ1) is 13.3. The molecule has 0 aliphatic heterocycles. The van der Waals surface area contributed by atoms with E-state index in [0.29, 0.717) is 0 Å². The van der Waals surface area contributed by atoms with Crippen LogP contribution in [0.15, 0.2) is 6.20 Å². The predicted molar refractivity (Wildman–Crippen MR) is 41.2 cm³/mol. The molecule has 1 rings (SSSR count). The number of carbonyl (C=O) groups is 1. The third kappa shape index (κ3) is 3.08. The van der Waals surface area contributed by atoms with Crippen LogP contribution in [-0.2, 0) is 0 Å². The van der Waals surface area contributed by atoms with E-state index >= 15 is 0 Å². The van der Waals surface area contributed by atoms with Gasteiger partial charge in [0.05, 0.1) is 11.8 Å². The summed E-state index contributed by atoms with van der Waals surface area (Å²) in [5.74, 6) is -3.48. The van der Waals surface area contributed by atoms with Crippen molar-refractivity contribution in [1.82, 2.24) is 4.98 Å². The Morgan fingerprint density at radius 2 is 1.94 bits per heavy atom. The number of halogens is 6. The van der Waals surface area contributed by atoms with Gasteiger partial charge in [0.1, 0.15) is 5.69 Å². The lowest BCUT2D eigenvalue weighted by Gasteiger charge is -2.14.